The van der Waals surface area contributed by atoms with Crippen molar-refractivity contribution in [2.24, 2.45) is 0 Å². The van der Waals surface area contributed by atoms with Crippen molar-refractivity contribution in [1.82, 2.24) is 5.32 Å². The number of halogens is 1. The normalized spacial score (nSPS) is 10.1. The van der Waals surface area contributed by atoms with E-state index in [2.05, 4.69) is 33.2 Å². The molecule has 0 fully saturated rings. The maximum Gasteiger partial charge on any atom is 0.251 e. The molecule has 2 aromatic rings. The lowest BCUT2D eigenvalue weighted by molar-refractivity contribution is -0.115. The van der Waals surface area contributed by atoms with Crippen molar-refractivity contribution in [1.29, 1.82) is 0 Å². The Balaban J connectivity index is 1.88. The smallest absolute Gasteiger partial charge is 0.251 e. The summed E-state index contributed by atoms with van der Waals surface area (Å²) in [4.78, 5) is 23.8. The van der Waals surface area contributed by atoms with Gasteiger partial charge in [0.15, 0.2) is 0 Å². The zero-order valence-electron chi connectivity index (χ0n) is 12.4. The second kappa shape index (κ2) is 7.40. The molecule has 0 unspecified atom stereocenters. The van der Waals surface area contributed by atoms with E-state index in [9.17, 15) is 9.59 Å². The molecule has 0 aliphatic carbocycles. The summed E-state index contributed by atoms with van der Waals surface area (Å²) >= 11 is 2.20. The van der Waals surface area contributed by atoms with Gasteiger partial charge in [-0.3, -0.25) is 9.59 Å². The average molecular weight is 408 g/mol. The lowest BCUT2D eigenvalue weighted by Crippen LogP contribution is -2.32. The highest BCUT2D eigenvalue weighted by Gasteiger charge is 2.09. The van der Waals surface area contributed by atoms with E-state index in [0.29, 0.717) is 11.3 Å². The number of anilines is 1. The van der Waals surface area contributed by atoms with Crippen molar-refractivity contribution in [3.8, 4) is 0 Å². The van der Waals surface area contributed by atoms with Gasteiger partial charge >= 0.3 is 0 Å². The van der Waals surface area contributed by atoms with Gasteiger partial charge in [-0.25, -0.2) is 0 Å². The van der Waals surface area contributed by atoms with Crippen LogP contribution in [-0.4, -0.2) is 18.4 Å². The molecule has 0 aliphatic rings. The molecule has 0 saturated heterocycles. The second-order valence-electron chi connectivity index (χ2n) is 5.04. The Morgan fingerprint density at radius 1 is 1.00 bits per heavy atom. The second-order valence-corrected chi connectivity index (χ2v) is 6.28. The molecule has 0 saturated carbocycles. The Morgan fingerprint density at radius 3 is 2.32 bits per heavy atom. The van der Waals surface area contributed by atoms with Crippen molar-refractivity contribution < 1.29 is 9.59 Å². The molecule has 2 N–H and O–H groups in total. The number of benzene rings is 2. The molecule has 5 heteroatoms. The number of hydrogen-bond acceptors (Lipinski definition) is 2. The van der Waals surface area contributed by atoms with E-state index in [-0.39, 0.29) is 18.4 Å². The highest BCUT2D eigenvalue weighted by Crippen LogP contribution is 2.11. The highest BCUT2D eigenvalue weighted by molar-refractivity contribution is 14.1. The summed E-state index contributed by atoms with van der Waals surface area (Å²) in [6, 6.07) is 12.9. The van der Waals surface area contributed by atoms with Crippen LogP contribution in [0, 0.1) is 17.4 Å². The van der Waals surface area contributed by atoms with Gasteiger partial charge < -0.3 is 10.6 Å². The predicted molar refractivity (Wildman–Crippen MR) is 96.0 cm³/mol. The molecular formula is C17H17IN2O2. The van der Waals surface area contributed by atoms with Gasteiger partial charge in [0.25, 0.3) is 5.91 Å². The van der Waals surface area contributed by atoms with Gasteiger partial charge in [-0.1, -0.05) is 6.07 Å². The Morgan fingerprint density at radius 2 is 1.68 bits per heavy atom. The van der Waals surface area contributed by atoms with Crippen LogP contribution in [0.5, 0.6) is 0 Å². The third-order valence-corrected chi connectivity index (χ3v) is 4.03. The fourth-order valence-corrected chi connectivity index (χ4v) is 2.24. The predicted octanol–water partition coefficient (Wildman–Crippen LogP) is 3.28. The highest BCUT2D eigenvalue weighted by atomic mass is 127. The van der Waals surface area contributed by atoms with Gasteiger partial charge in [-0.05, 0) is 84.0 Å². The standard InChI is InChI=1S/C17H17IN2O2/c1-11-3-4-13(9-12(11)2)17(22)19-10-16(21)20-15-7-5-14(18)6-8-15/h3-9H,10H2,1-2H3,(H,19,22)(H,20,21). The van der Waals surface area contributed by atoms with Crippen LogP contribution in [0.15, 0.2) is 42.5 Å². The first-order valence-corrected chi connectivity index (χ1v) is 7.94. The molecule has 2 amide bonds. The van der Waals surface area contributed by atoms with Gasteiger partial charge in [-0.2, -0.15) is 0 Å². The fraction of sp³-hybridized carbons (Fsp3) is 0.176. The third kappa shape index (κ3) is 4.56. The molecule has 2 aromatic carbocycles. The zero-order valence-corrected chi connectivity index (χ0v) is 14.6. The van der Waals surface area contributed by atoms with Crippen LogP contribution in [0.4, 0.5) is 5.69 Å². The molecular weight excluding hydrogens is 391 g/mol. The van der Waals surface area contributed by atoms with Crippen LogP contribution < -0.4 is 10.6 Å². The summed E-state index contributed by atoms with van der Waals surface area (Å²) in [6.07, 6.45) is 0. The van der Waals surface area contributed by atoms with Crippen LogP contribution in [0.3, 0.4) is 0 Å². The number of aryl methyl sites for hydroxylation is 2. The minimum atomic E-state index is -0.251. The molecule has 2 rings (SSSR count). The molecule has 0 aliphatic heterocycles. The summed E-state index contributed by atoms with van der Waals surface area (Å²) in [6.45, 7) is 3.89. The van der Waals surface area contributed by atoms with E-state index < -0.39 is 0 Å². The SMILES string of the molecule is Cc1ccc(C(=O)NCC(=O)Nc2ccc(I)cc2)cc1C. The van der Waals surface area contributed by atoms with Crippen molar-refractivity contribution >= 4 is 40.1 Å². The van der Waals surface area contributed by atoms with Crippen molar-refractivity contribution in [3.05, 3.63) is 62.7 Å². The molecule has 0 radical (unpaired) electrons. The molecule has 0 spiro atoms. The first-order chi connectivity index (χ1) is 10.5. The van der Waals surface area contributed by atoms with E-state index in [0.717, 1.165) is 14.7 Å². The van der Waals surface area contributed by atoms with Crippen LogP contribution in [0.2, 0.25) is 0 Å². The topological polar surface area (TPSA) is 58.2 Å². The number of amides is 2. The molecule has 0 aromatic heterocycles. The Hall–Kier alpha value is -1.89. The van der Waals surface area contributed by atoms with Crippen LogP contribution in [0.1, 0.15) is 21.5 Å². The van der Waals surface area contributed by atoms with Gasteiger partial charge in [-0.15, -0.1) is 0 Å². The summed E-state index contributed by atoms with van der Waals surface area (Å²) in [5.74, 6) is -0.501. The maximum atomic E-state index is 12.0. The van der Waals surface area contributed by atoms with Crippen LogP contribution in [0.25, 0.3) is 0 Å². The summed E-state index contributed by atoms with van der Waals surface area (Å²) in [5.41, 5.74) is 3.46. The average Bonchev–Trinajstić information content (AvgIpc) is 2.50. The maximum absolute atomic E-state index is 12.0. The molecule has 22 heavy (non-hydrogen) atoms. The van der Waals surface area contributed by atoms with E-state index in [1.807, 2.05) is 50.2 Å². The lowest BCUT2D eigenvalue weighted by Gasteiger charge is -2.08. The third-order valence-electron chi connectivity index (χ3n) is 3.31. The monoisotopic (exact) mass is 408 g/mol. The first kappa shape index (κ1) is 16.5. The minimum Gasteiger partial charge on any atom is -0.343 e. The quantitative estimate of drug-likeness (QED) is 0.764. The van der Waals surface area contributed by atoms with E-state index >= 15 is 0 Å². The summed E-state index contributed by atoms with van der Waals surface area (Å²) < 4.78 is 1.10. The minimum absolute atomic E-state index is 0.0578. The van der Waals surface area contributed by atoms with Crippen molar-refractivity contribution in [3.63, 3.8) is 0 Å². The zero-order chi connectivity index (χ0) is 16.1. The van der Waals surface area contributed by atoms with Gasteiger partial charge in [0.1, 0.15) is 0 Å². The van der Waals surface area contributed by atoms with E-state index in [4.69, 9.17) is 0 Å². The Labute approximate surface area is 143 Å². The summed E-state index contributed by atoms with van der Waals surface area (Å²) in [7, 11) is 0. The number of hydrogen-bond donors (Lipinski definition) is 2. The number of carbonyl (C=O) groups excluding carboxylic acids is 2. The van der Waals surface area contributed by atoms with Crippen molar-refractivity contribution in [2.75, 3.05) is 11.9 Å². The molecule has 0 heterocycles. The van der Waals surface area contributed by atoms with E-state index in [1.165, 1.54) is 0 Å². The lowest BCUT2D eigenvalue weighted by atomic mass is 10.1. The van der Waals surface area contributed by atoms with Gasteiger partial charge in [0.2, 0.25) is 5.91 Å². The van der Waals surface area contributed by atoms with Gasteiger partial charge in [0.05, 0.1) is 6.54 Å². The molecule has 114 valence electrons. The van der Waals surface area contributed by atoms with Crippen LogP contribution in [-0.2, 0) is 4.79 Å². The Bertz CT molecular complexity index is 696. The number of rotatable bonds is 4. The van der Waals surface area contributed by atoms with Crippen molar-refractivity contribution in [2.45, 2.75) is 13.8 Å². The summed E-state index contributed by atoms with van der Waals surface area (Å²) in [5, 5.41) is 5.36. The first-order valence-electron chi connectivity index (χ1n) is 6.86. The molecule has 4 nitrogen and oxygen atoms in total. The largest absolute Gasteiger partial charge is 0.343 e. The molecule has 0 bridgehead atoms. The number of nitrogens with one attached hydrogen (secondary N) is 2. The van der Waals surface area contributed by atoms with Crippen LogP contribution >= 0.6 is 22.6 Å². The molecule has 0 atom stereocenters. The Kier molecular flexibility index (Phi) is 5.54. The van der Waals surface area contributed by atoms with Gasteiger partial charge in [0, 0.05) is 14.8 Å². The fourth-order valence-electron chi connectivity index (χ4n) is 1.88. The number of carbonyl (C=O) groups is 2. The van der Waals surface area contributed by atoms with E-state index in [1.54, 1.807) is 6.07 Å².